The van der Waals surface area contributed by atoms with Gasteiger partial charge in [-0.1, -0.05) is 5.57 Å². The first-order valence-corrected chi connectivity index (χ1v) is 5.12. The Kier molecular flexibility index (Phi) is 5.49. The minimum Gasteiger partial charge on any atom is -0.382 e. The fourth-order valence-electron chi connectivity index (χ4n) is 1.50. The van der Waals surface area contributed by atoms with Crippen molar-refractivity contribution in [3.8, 4) is 0 Å². The van der Waals surface area contributed by atoms with Gasteiger partial charge in [-0.25, -0.2) is 0 Å². The Morgan fingerprint density at radius 2 is 2.14 bits per heavy atom. The van der Waals surface area contributed by atoms with Crippen LogP contribution in [0, 0.1) is 0 Å². The average molecular weight is 198 g/mol. The summed E-state index contributed by atoms with van der Waals surface area (Å²) in [5.41, 5.74) is 1.28. The Balaban J connectivity index is 1.94. The van der Waals surface area contributed by atoms with Gasteiger partial charge >= 0.3 is 0 Å². The van der Waals surface area contributed by atoms with Crippen LogP contribution in [0.1, 0.15) is 25.7 Å². The smallest absolute Gasteiger partial charge is 0.155 e. The zero-order valence-corrected chi connectivity index (χ0v) is 8.75. The SMILES string of the molecule is COCCOCCCC1=CC(=O)CC1. The molecule has 0 aliphatic heterocycles. The number of hydrogen-bond donors (Lipinski definition) is 0. The van der Waals surface area contributed by atoms with Gasteiger partial charge in [0.05, 0.1) is 13.2 Å². The predicted octanol–water partition coefficient (Wildman–Crippen LogP) is 1.72. The molecule has 3 nitrogen and oxygen atoms in total. The van der Waals surface area contributed by atoms with E-state index < -0.39 is 0 Å². The number of hydrogen-bond acceptors (Lipinski definition) is 3. The van der Waals surface area contributed by atoms with Crippen molar-refractivity contribution in [2.24, 2.45) is 0 Å². The maximum Gasteiger partial charge on any atom is 0.155 e. The normalized spacial score (nSPS) is 16.1. The highest BCUT2D eigenvalue weighted by atomic mass is 16.5. The molecule has 0 saturated carbocycles. The second-order valence-corrected chi connectivity index (χ2v) is 3.48. The summed E-state index contributed by atoms with van der Waals surface area (Å²) in [7, 11) is 1.66. The zero-order valence-electron chi connectivity index (χ0n) is 8.75. The number of allylic oxidation sites excluding steroid dienone is 2. The molecule has 1 rings (SSSR count). The lowest BCUT2D eigenvalue weighted by Crippen LogP contribution is -2.02. The molecule has 0 N–H and O–H groups in total. The highest BCUT2D eigenvalue weighted by Crippen LogP contribution is 2.19. The largest absolute Gasteiger partial charge is 0.382 e. The zero-order chi connectivity index (χ0) is 10.2. The summed E-state index contributed by atoms with van der Waals surface area (Å²) in [4.78, 5) is 10.9. The van der Waals surface area contributed by atoms with E-state index in [-0.39, 0.29) is 5.78 Å². The standard InChI is InChI=1S/C11H18O3/c1-13-7-8-14-6-2-3-10-4-5-11(12)9-10/h9H,2-8H2,1H3. The second-order valence-electron chi connectivity index (χ2n) is 3.48. The van der Waals surface area contributed by atoms with Gasteiger partial charge in [0, 0.05) is 20.1 Å². The molecule has 0 spiro atoms. The van der Waals surface area contributed by atoms with E-state index in [1.54, 1.807) is 13.2 Å². The minimum atomic E-state index is 0.278. The summed E-state index contributed by atoms with van der Waals surface area (Å²) in [6.45, 7) is 2.07. The van der Waals surface area contributed by atoms with E-state index in [1.807, 2.05) is 0 Å². The molecule has 0 aromatic heterocycles. The summed E-state index contributed by atoms with van der Waals surface area (Å²) in [6.07, 6.45) is 5.45. The Morgan fingerprint density at radius 1 is 1.29 bits per heavy atom. The number of rotatable bonds is 7. The molecule has 0 atom stereocenters. The molecule has 0 saturated heterocycles. The van der Waals surface area contributed by atoms with Crippen molar-refractivity contribution in [3.05, 3.63) is 11.6 Å². The molecule has 0 unspecified atom stereocenters. The van der Waals surface area contributed by atoms with Crippen LogP contribution in [-0.2, 0) is 14.3 Å². The van der Waals surface area contributed by atoms with Crippen LogP contribution >= 0.6 is 0 Å². The van der Waals surface area contributed by atoms with Crippen LogP contribution in [0.5, 0.6) is 0 Å². The van der Waals surface area contributed by atoms with E-state index in [0.717, 1.165) is 25.9 Å². The molecule has 1 aliphatic carbocycles. The van der Waals surface area contributed by atoms with Crippen molar-refractivity contribution in [1.29, 1.82) is 0 Å². The summed E-state index contributed by atoms with van der Waals surface area (Å²) in [5, 5.41) is 0. The molecular formula is C11H18O3. The highest BCUT2D eigenvalue weighted by Gasteiger charge is 2.10. The molecule has 0 heterocycles. The van der Waals surface area contributed by atoms with Crippen molar-refractivity contribution in [1.82, 2.24) is 0 Å². The molecule has 80 valence electrons. The summed E-state index contributed by atoms with van der Waals surface area (Å²) < 4.78 is 10.2. The van der Waals surface area contributed by atoms with Crippen molar-refractivity contribution >= 4 is 5.78 Å². The maximum atomic E-state index is 10.9. The summed E-state index contributed by atoms with van der Waals surface area (Å²) in [5.74, 6) is 0.278. The van der Waals surface area contributed by atoms with Crippen LogP contribution < -0.4 is 0 Å². The molecular weight excluding hydrogens is 180 g/mol. The van der Waals surface area contributed by atoms with Crippen molar-refractivity contribution in [2.45, 2.75) is 25.7 Å². The molecule has 0 aromatic rings. The third-order valence-corrected chi connectivity index (χ3v) is 2.28. The Hall–Kier alpha value is -0.670. The number of carbonyl (C=O) groups is 1. The van der Waals surface area contributed by atoms with E-state index in [4.69, 9.17) is 9.47 Å². The van der Waals surface area contributed by atoms with Gasteiger partial charge < -0.3 is 9.47 Å². The Bertz CT molecular complexity index is 209. The number of ketones is 1. The number of carbonyl (C=O) groups excluding carboxylic acids is 1. The average Bonchev–Trinajstić information content (AvgIpc) is 2.58. The van der Waals surface area contributed by atoms with Crippen LogP contribution in [0.2, 0.25) is 0 Å². The van der Waals surface area contributed by atoms with Crippen LogP contribution in [0.4, 0.5) is 0 Å². The first-order chi connectivity index (χ1) is 6.83. The third-order valence-electron chi connectivity index (χ3n) is 2.28. The van der Waals surface area contributed by atoms with E-state index in [0.29, 0.717) is 19.6 Å². The van der Waals surface area contributed by atoms with Crippen LogP contribution in [-0.4, -0.2) is 32.7 Å². The number of ether oxygens (including phenoxy) is 2. The molecule has 14 heavy (non-hydrogen) atoms. The third kappa shape index (κ3) is 4.53. The van der Waals surface area contributed by atoms with Gasteiger partial charge in [-0.3, -0.25) is 4.79 Å². The minimum absolute atomic E-state index is 0.278. The van der Waals surface area contributed by atoms with Crippen molar-refractivity contribution < 1.29 is 14.3 Å². The van der Waals surface area contributed by atoms with E-state index in [2.05, 4.69) is 0 Å². The Morgan fingerprint density at radius 3 is 2.79 bits per heavy atom. The molecule has 0 fully saturated rings. The maximum absolute atomic E-state index is 10.9. The molecule has 0 radical (unpaired) electrons. The van der Waals surface area contributed by atoms with Gasteiger partial charge in [-0.15, -0.1) is 0 Å². The topological polar surface area (TPSA) is 35.5 Å². The molecule has 0 aromatic carbocycles. The first-order valence-electron chi connectivity index (χ1n) is 5.12. The van der Waals surface area contributed by atoms with Crippen LogP contribution in [0.3, 0.4) is 0 Å². The van der Waals surface area contributed by atoms with Crippen molar-refractivity contribution in [3.63, 3.8) is 0 Å². The highest BCUT2D eigenvalue weighted by molar-refractivity contribution is 5.92. The van der Waals surface area contributed by atoms with Crippen LogP contribution in [0.15, 0.2) is 11.6 Å². The van der Waals surface area contributed by atoms with Gasteiger partial charge in [0.15, 0.2) is 5.78 Å². The lowest BCUT2D eigenvalue weighted by atomic mass is 10.1. The second kappa shape index (κ2) is 6.74. The van der Waals surface area contributed by atoms with Crippen LogP contribution in [0.25, 0.3) is 0 Å². The molecule has 3 heteroatoms. The van der Waals surface area contributed by atoms with E-state index in [1.165, 1.54) is 5.57 Å². The summed E-state index contributed by atoms with van der Waals surface area (Å²) in [6, 6.07) is 0. The van der Waals surface area contributed by atoms with Gasteiger partial charge in [0.1, 0.15) is 0 Å². The first kappa shape index (κ1) is 11.4. The molecule has 0 amide bonds. The monoisotopic (exact) mass is 198 g/mol. The molecule has 0 bridgehead atoms. The van der Waals surface area contributed by atoms with E-state index >= 15 is 0 Å². The fourth-order valence-corrected chi connectivity index (χ4v) is 1.50. The summed E-state index contributed by atoms with van der Waals surface area (Å²) >= 11 is 0. The predicted molar refractivity (Wildman–Crippen MR) is 54.3 cm³/mol. The van der Waals surface area contributed by atoms with Gasteiger partial charge in [0.2, 0.25) is 0 Å². The Labute approximate surface area is 85.1 Å². The van der Waals surface area contributed by atoms with Gasteiger partial charge in [-0.2, -0.15) is 0 Å². The van der Waals surface area contributed by atoms with Crippen molar-refractivity contribution in [2.75, 3.05) is 26.9 Å². The molecule has 1 aliphatic rings. The quantitative estimate of drug-likeness (QED) is 0.584. The van der Waals surface area contributed by atoms with Gasteiger partial charge in [-0.05, 0) is 25.3 Å². The van der Waals surface area contributed by atoms with E-state index in [9.17, 15) is 4.79 Å². The lowest BCUT2D eigenvalue weighted by molar-refractivity contribution is -0.114. The fraction of sp³-hybridized carbons (Fsp3) is 0.727. The number of methoxy groups -OCH3 is 1. The lowest BCUT2D eigenvalue weighted by Gasteiger charge is -2.03. The van der Waals surface area contributed by atoms with Gasteiger partial charge in [0.25, 0.3) is 0 Å².